The minimum atomic E-state index is -1.02. The van der Waals surface area contributed by atoms with Crippen molar-refractivity contribution in [1.29, 1.82) is 0 Å². The van der Waals surface area contributed by atoms with E-state index in [1.54, 1.807) is 41.5 Å². The summed E-state index contributed by atoms with van der Waals surface area (Å²) in [5.74, 6) is -0.489. The summed E-state index contributed by atoms with van der Waals surface area (Å²) >= 11 is 0. The maximum atomic E-state index is 12.9. The molecule has 0 unspecified atom stereocenters. The fourth-order valence-electron chi connectivity index (χ4n) is 3.04. The smallest absolute Gasteiger partial charge is 0.413 e. The molecule has 0 radical (unpaired) electrons. The van der Waals surface area contributed by atoms with Gasteiger partial charge in [0.05, 0.1) is 6.61 Å². The Morgan fingerprint density at radius 3 is 2.27 bits per heavy atom. The van der Waals surface area contributed by atoms with Gasteiger partial charge in [-0.05, 0) is 54.0 Å². The van der Waals surface area contributed by atoms with Crippen LogP contribution in [0.4, 0.5) is 4.79 Å². The van der Waals surface area contributed by atoms with E-state index in [2.05, 4.69) is 0 Å². The number of carbonyl (C=O) groups excluding carboxylic acids is 2. The third kappa shape index (κ3) is 4.36. The molecule has 144 valence electrons. The Kier molecular flexibility index (Phi) is 5.66. The number of aryl methyl sites for hydroxylation is 1. The van der Waals surface area contributed by atoms with Crippen LogP contribution in [0.2, 0.25) is 0 Å². The molecule has 1 heterocycles. The first-order valence-electron chi connectivity index (χ1n) is 8.89. The Morgan fingerprint density at radius 2 is 1.77 bits per heavy atom. The van der Waals surface area contributed by atoms with Crippen molar-refractivity contribution in [3.8, 4) is 0 Å². The van der Waals surface area contributed by atoms with Crippen molar-refractivity contribution in [3.63, 3.8) is 0 Å². The largest absolute Gasteiger partial charge is 0.464 e. The van der Waals surface area contributed by atoms with Gasteiger partial charge < -0.3 is 14.2 Å². The van der Waals surface area contributed by atoms with Crippen molar-refractivity contribution < 1.29 is 23.8 Å². The number of amides is 1. The minimum absolute atomic E-state index is 0.242. The van der Waals surface area contributed by atoms with Crippen LogP contribution in [0.15, 0.2) is 24.3 Å². The lowest BCUT2D eigenvalue weighted by molar-refractivity contribution is -0.161. The van der Waals surface area contributed by atoms with Gasteiger partial charge in [-0.2, -0.15) is 0 Å². The highest BCUT2D eigenvalue weighted by molar-refractivity contribution is 5.79. The number of hydrogen-bond donors (Lipinski definition) is 0. The third-order valence-electron chi connectivity index (χ3n) is 4.09. The van der Waals surface area contributed by atoms with Crippen LogP contribution in [0.1, 0.15) is 58.7 Å². The van der Waals surface area contributed by atoms with E-state index < -0.39 is 35.5 Å². The van der Waals surface area contributed by atoms with Crippen molar-refractivity contribution in [1.82, 2.24) is 4.90 Å². The predicted octanol–water partition coefficient (Wildman–Crippen LogP) is 3.97. The van der Waals surface area contributed by atoms with Crippen LogP contribution >= 0.6 is 0 Å². The summed E-state index contributed by atoms with van der Waals surface area (Å²) in [5, 5.41) is 0. The van der Waals surface area contributed by atoms with E-state index in [1.165, 1.54) is 4.90 Å². The Bertz CT molecular complexity index is 660. The zero-order valence-electron chi connectivity index (χ0n) is 16.7. The minimum Gasteiger partial charge on any atom is -0.464 e. The van der Waals surface area contributed by atoms with Crippen molar-refractivity contribution in [2.45, 2.75) is 71.9 Å². The molecule has 6 heteroatoms. The van der Waals surface area contributed by atoms with Crippen LogP contribution in [-0.4, -0.2) is 41.0 Å². The molecule has 2 atom stereocenters. The standard InChI is InChI=1S/C20H29NO5/c1-8-24-17(22)16-15(14-11-9-13(2)10-12-14)21(20(6,7)25-16)18(23)26-19(3,4)5/h9-12,15-16H,8H2,1-7H3/t15-,16+/m0/s1. The second-order valence-electron chi connectivity index (χ2n) is 7.94. The van der Waals surface area contributed by atoms with Gasteiger partial charge in [-0.1, -0.05) is 29.8 Å². The summed E-state index contributed by atoms with van der Waals surface area (Å²) in [7, 11) is 0. The molecule has 2 rings (SSSR count). The molecule has 1 saturated heterocycles. The SMILES string of the molecule is CCOC(=O)[C@@H]1OC(C)(C)N(C(=O)OC(C)(C)C)[C@H]1c1ccc(C)cc1. The average molecular weight is 363 g/mol. The van der Waals surface area contributed by atoms with Gasteiger partial charge in [-0.3, -0.25) is 4.90 Å². The second kappa shape index (κ2) is 7.27. The third-order valence-corrected chi connectivity index (χ3v) is 4.09. The molecule has 1 fully saturated rings. The molecule has 0 aliphatic carbocycles. The highest BCUT2D eigenvalue weighted by Gasteiger charge is 2.55. The maximum absolute atomic E-state index is 12.9. The van der Waals surface area contributed by atoms with Gasteiger partial charge in [0.15, 0.2) is 6.10 Å². The Balaban J connectivity index is 2.48. The molecule has 0 saturated carbocycles. The van der Waals surface area contributed by atoms with Gasteiger partial charge in [0.25, 0.3) is 0 Å². The Hall–Kier alpha value is -2.08. The summed E-state index contributed by atoms with van der Waals surface area (Å²) in [6, 6.07) is 7.05. The normalized spacial score (nSPS) is 22.2. The lowest BCUT2D eigenvalue weighted by Gasteiger charge is -2.35. The summed E-state index contributed by atoms with van der Waals surface area (Å²) in [6.45, 7) is 12.9. The van der Waals surface area contributed by atoms with Gasteiger partial charge in [0.2, 0.25) is 0 Å². The zero-order valence-corrected chi connectivity index (χ0v) is 16.7. The first-order valence-corrected chi connectivity index (χ1v) is 8.89. The fourth-order valence-corrected chi connectivity index (χ4v) is 3.04. The van der Waals surface area contributed by atoms with Crippen LogP contribution in [0.5, 0.6) is 0 Å². The molecular formula is C20H29NO5. The van der Waals surface area contributed by atoms with Crippen molar-refractivity contribution in [3.05, 3.63) is 35.4 Å². The number of rotatable bonds is 3. The van der Waals surface area contributed by atoms with Gasteiger partial charge in [0, 0.05) is 0 Å². The predicted molar refractivity (Wildman–Crippen MR) is 97.6 cm³/mol. The topological polar surface area (TPSA) is 65.1 Å². The monoisotopic (exact) mass is 363 g/mol. The summed E-state index contributed by atoms with van der Waals surface area (Å²) in [5.41, 5.74) is 0.205. The van der Waals surface area contributed by atoms with Crippen LogP contribution < -0.4 is 0 Å². The average Bonchev–Trinajstić information content (AvgIpc) is 2.78. The molecule has 6 nitrogen and oxygen atoms in total. The summed E-state index contributed by atoms with van der Waals surface area (Å²) < 4.78 is 16.7. The van der Waals surface area contributed by atoms with Crippen molar-refractivity contribution >= 4 is 12.1 Å². The molecule has 1 aromatic rings. The van der Waals surface area contributed by atoms with Gasteiger partial charge in [-0.15, -0.1) is 0 Å². The van der Waals surface area contributed by atoms with E-state index in [4.69, 9.17) is 14.2 Å². The molecule has 1 aliphatic heterocycles. The van der Waals surface area contributed by atoms with Crippen LogP contribution in [0.3, 0.4) is 0 Å². The van der Waals surface area contributed by atoms with Crippen LogP contribution in [0, 0.1) is 6.92 Å². The Labute approximate surface area is 155 Å². The number of hydrogen-bond acceptors (Lipinski definition) is 5. The van der Waals surface area contributed by atoms with Crippen molar-refractivity contribution in [2.24, 2.45) is 0 Å². The first kappa shape index (κ1) is 20.2. The molecule has 1 aromatic carbocycles. The highest BCUT2D eigenvalue weighted by Crippen LogP contribution is 2.43. The van der Waals surface area contributed by atoms with Crippen LogP contribution in [-0.2, 0) is 19.0 Å². The second-order valence-corrected chi connectivity index (χ2v) is 7.94. The van der Waals surface area contributed by atoms with E-state index in [0.717, 1.165) is 11.1 Å². The summed E-state index contributed by atoms with van der Waals surface area (Å²) in [6.07, 6.45) is -1.44. The van der Waals surface area contributed by atoms with E-state index in [0.29, 0.717) is 0 Å². The quantitative estimate of drug-likeness (QED) is 0.760. The zero-order chi connectivity index (χ0) is 19.7. The van der Waals surface area contributed by atoms with E-state index in [-0.39, 0.29) is 6.61 Å². The van der Waals surface area contributed by atoms with Gasteiger partial charge in [-0.25, -0.2) is 9.59 Å². The molecule has 26 heavy (non-hydrogen) atoms. The molecule has 0 aromatic heterocycles. The van der Waals surface area contributed by atoms with E-state index >= 15 is 0 Å². The lowest BCUT2D eigenvalue weighted by Crippen LogP contribution is -2.47. The summed E-state index contributed by atoms with van der Waals surface area (Å²) in [4.78, 5) is 26.9. The van der Waals surface area contributed by atoms with E-state index in [9.17, 15) is 9.59 Å². The highest BCUT2D eigenvalue weighted by atomic mass is 16.6. The number of esters is 1. The van der Waals surface area contributed by atoms with Crippen LogP contribution in [0.25, 0.3) is 0 Å². The van der Waals surface area contributed by atoms with Gasteiger partial charge >= 0.3 is 12.1 Å². The van der Waals surface area contributed by atoms with Crippen molar-refractivity contribution in [2.75, 3.05) is 6.61 Å². The maximum Gasteiger partial charge on any atom is 0.413 e. The van der Waals surface area contributed by atoms with E-state index in [1.807, 2.05) is 31.2 Å². The molecular weight excluding hydrogens is 334 g/mol. The lowest BCUT2D eigenvalue weighted by atomic mass is 9.99. The number of carbonyl (C=O) groups is 2. The molecule has 0 N–H and O–H groups in total. The molecule has 0 bridgehead atoms. The molecule has 1 amide bonds. The van der Waals surface area contributed by atoms with Gasteiger partial charge in [0.1, 0.15) is 17.4 Å². The molecule has 1 aliphatic rings. The number of ether oxygens (including phenoxy) is 3. The first-order chi connectivity index (χ1) is 12.0. The number of benzene rings is 1. The number of nitrogens with zero attached hydrogens (tertiary/aromatic N) is 1. The molecule has 0 spiro atoms. The fraction of sp³-hybridized carbons (Fsp3) is 0.600. The Morgan fingerprint density at radius 1 is 1.19 bits per heavy atom.